The molecule has 0 aromatic rings. The van der Waals surface area contributed by atoms with Crippen LogP contribution in [0.3, 0.4) is 0 Å². The summed E-state index contributed by atoms with van der Waals surface area (Å²) in [6.07, 6.45) is 9.05. The van der Waals surface area contributed by atoms with Crippen molar-refractivity contribution in [1.29, 1.82) is 0 Å². The number of aliphatic hydroxyl groups excluding tert-OH is 1. The van der Waals surface area contributed by atoms with Crippen LogP contribution in [0.2, 0.25) is 0 Å². The van der Waals surface area contributed by atoms with E-state index in [1.807, 2.05) is 13.8 Å². The molecule has 38 heavy (non-hydrogen) atoms. The van der Waals surface area contributed by atoms with Gasteiger partial charge in [0.25, 0.3) is 0 Å². The van der Waals surface area contributed by atoms with Gasteiger partial charge in [0.1, 0.15) is 0 Å². The van der Waals surface area contributed by atoms with Crippen LogP contribution in [-0.2, 0) is 14.3 Å². The number of carboxylic acid groups (broad SMARTS) is 1. The number of piperidine rings is 1. The van der Waals surface area contributed by atoms with Crippen LogP contribution in [0.25, 0.3) is 0 Å². The predicted octanol–water partition coefficient (Wildman–Crippen LogP) is 4.47. The Morgan fingerprint density at radius 1 is 1.05 bits per heavy atom. The molecule has 4 aliphatic rings. The lowest BCUT2D eigenvalue weighted by Gasteiger charge is -2.62. The molecule has 3 saturated carbocycles. The average Bonchev–Trinajstić information content (AvgIpc) is 3.20. The number of carbonyl (C=O) groups is 2. The first-order valence-corrected chi connectivity index (χ1v) is 15.5. The van der Waals surface area contributed by atoms with E-state index in [2.05, 4.69) is 31.4 Å². The van der Waals surface area contributed by atoms with Gasteiger partial charge >= 0.3 is 5.97 Å². The smallest absolute Gasteiger partial charge is 0.328 e. The van der Waals surface area contributed by atoms with Gasteiger partial charge in [0.05, 0.1) is 12.7 Å². The summed E-state index contributed by atoms with van der Waals surface area (Å²) in [4.78, 5) is 24.1. The number of nitrogens with one attached hydrogen (secondary N) is 2. The van der Waals surface area contributed by atoms with E-state index in [1.165, 1.54) is 32.1 Å². The molecule has 1 aliphatic heterocycles. The summed E-state index contributed by atoms with van der Waals surface area (Å²) in [6, 6.07) is -0.994. The number of fused-ring (bicyclic) bond motifs is 5. The summed E-state index contributed by atoms with van der Waals surface area (Å²) < 4.78 is 5.46. The second-order valence-electron chi connectivity index (χ2n) is 14.2. The van der Waals surface area contributed by atoms with Gasteiger partial charge in [-0.1, -0.05) is 34.6 Å². The lowest BCUT2D eigenvalue weighted by Crippen LogP contribution is -2.60. The van der Waals surface area contributed by atoms with E-state index in [1.54, 1.807) is 0 Å². The number of hydrogen-bond donors (Lipinski definition) is 4. The molecule has 4 fully saturated rings. The van der Waals surface area contributed by atoms with Gasteiger partial charge in [-0.3, -0.25) is 4.79 Å². The Kier molecular flexibility index (Phi) is 9.52. The molecule has 0 unspecified atom stereocenters. The van der Waals surface area contributed by atoms with Crippen LogP contribution in [0.1, 0.15) is 92.4 Å². The van der Waals surface area contributed by atoms with Crippen LogP contribution in [0.15, 0.2) is 0 Å². The summed E-state index contributed by atoms with van der Waals surface area (Å²) >= 11 is 0. The monoisotopic (exact) mass is 534 g/mol. The highest BCUT2D eigenvalue weighted by molar-refractivity contribution is 5.83. The van der Waals surface area contributed by atoms with Gasteiger partial charge in [0, 0.05) is 13.0 Å². The second-order valence-corrected chi connectivity index (χ2v) is 14.2. The van der Waals surface area contributed by atoms with Crippen molar-refractivity contribution in [3.63, 3.8) is 0 Å². The average molecular weight is 535 g/mol. The number of ether oxygens (including phenoxy) is 1. The van der Waals surface area contributed by atoms with Crippen LogP contribution in [0.4, 0.5) is 0 Å². The van der Waals surface area contributed by atoms with Gasteiger partial charge in [0.15, 0.2) is 6.04 Å². The molecule has 7 nitrogen and oxygen atoms in total. The largest absolute Gasteiger partial charge is 0.480 e. The highest BCUT2D eigenvalue weighted by atomic mass is 16.5. The Labute approximate surface area is 230 Å². The lowest BCUT2D eigenvalue weighted by molar-refractivity contribution is -0.161. The molecular formula is C31H54N2O5. The minimum Gasteiger partial charge on any atom is -0.480 e. The normalized spacial score (nSPS) is 40.1. The van der Waals surface area contributed by atoms with Crippen molar-refractivity contribution in [3.05, 3.63) is 0 Å². The maximum Gasteiger partial charge on any atom is 0.328 e. The summed E-state index contributed by atoms with van der Waals surface area (Å²) in [5.41, 5.74) is 0.628. The minimum atomic E-state index is -1.05. The van der Waals surface area contributed by atoms with E-state index in [4.69, 9.17) is 4.74 Å². The maximum atomic E-state index is 12.5. The fourth-order valence-electron chi connectivity index (χ4n) is 9.49. The zero-order valence-corrected chi connectivity index (χ0v) is 24.5. The molecule has 10 atom stereocenters. The van der Waals surface area contributed by atoms with E-state index in [-0.39, 0.29) is 24.0 Å². The number of aliphatic carboxylic acids is 1. The number of rotatable bonds is 11. The molecule has 4 N–H and O–H groups in total. The third kappa shape index (κ3) is 5.95. The molecule has 1 amide bonds. The maximum absolute atomic E-state index is 12.5. The molecule has 0 radical (unpaired) electrons. The van der Waals surface area contributed by atoms with E-state index >= 15 is 0 Å². The third-order valence-electron chi connectivity index (χ3n) is 11.5. The number of hydrogen-bond acceptors (Lipinski definition) is 5. The molecule has 0 bridgehead atoms. The molecule has 7 heteroatoms. The van der Waals surface area contributed by atoms with Crippen LogP contribution in [-0.4, -0.2) is 60.5 Å². The molecular weight excluding hydrogens is 480 g/mol. The SMILES string of the molecule is CC(C)COC[C@H](NC(=O)CCC[C@@H](C)[C@H]1CC[C@H]2[C@@H]3[C@@H](O)C[C@@H]4CNCC[C@]4(C)[C@H]3CC[C@]12C)C(=O)O. The Morgan fingerprint density at radius 3 is 2.50 bits per heavy atom. The second kappa shape index (κ2) is 12.1. The highest BCUT2D eigenvalue weighted by Gasteiger charge is 2.62. The number of amides is 1. The van der Waals surface area contributed by atoms with Gasteiger partial charge in [0.2, 0.25) is 5.91 Å². The predicted molar refractivity (Wildman–Crippen MR) is 148 cm³/mol. The topological polar surface area (TPSA) is 108 Å². The van der Waals surface area contributed by atoms with Gasteiger partial charge in [-0.05, 0) is 117 Å². The van der Waals surface area contributed by atoms with Crippen LogP contribution in [0.5, 0.6) is 0 Å². The van der Waals surface area contributed by atoms with Gasteiger partial charge in [-0.2, -0.15) is 0 Å². The van der Waals surface area contributed by atoms with E-state index in [0.717, 1.165) is 32.4 Å². The molecule has 1 heterocycles. The Balaban J connectivity index is 1.30. The zero-order valence-electron chi connectivity index (χ0n) is 24.5. The standard InChI is InChI=1S/C31H54N2O5/c1-19(2)17-38-18-25(29(36)37)33-27(35)8-6-7-20(3)22-9-10-23-28-24(11-12-31(22,23)5)30(4)13-14-32-16-21(30)15-26(28)34/h19-26,28,32,34H,6-18H2,1-5H3,(H,33,35)(H,36,37)/t20-,21-,22-,23+,24+,25+,26+,28+,30+,31-/m1/s1. The Morgan fingerprint density at radius 2 is 1.79 bits per heavy atom. The minimum absolute atomic E-state index is 0.00178. The van der Waals surface area contributed by atoms with Gasteiger partial charge in [-0.15, -0.1) is 0 Å². The van der Waals surface area contributed by atoms with E-state index in [0.29, 0.717) is 59.9 Å². The van der Waals surface area contributed by atoms with Crippen molar-refractivity contribution in [3.8, 4) is 0 Å². The van der Waals surface area contributed by atoms with Crippen molar-refractivity contribution >= 4 is 11.9 Å². The summed E-state index contributed by atoms with van der Waals surface area (Å²) in [7, 11) is 0. The fraction of sp³-hybridized carbons (Fsp3) is 0.935. The first-order valence-electron chi connectivity index (χ1n) is 15.5. The summed E-state index contributed by atoms with van der Waals surface area (Å²) in [6.45, 7) is 14.1. The van der Waals surface area contributed by atoms with Gasteiger partial charge < -0.3 is 25.6 Å². The number of carboxylic acids is 1. The van der Waals surface area contributed by atoms with Crippen molar-refractivity contribution in [2.45, 2.75) is 105 Å². The quantitative estimate of drug-likeness (QED) is 0.311. The molecule has 4 rings (SSSR count). The molecule has 3 aliphatic carbocycles. The van der Waals surface area contributed by atoms with Crippen LogP contribution >= 0.6 is 0 Å². The zero-order chi connectivity index (χ0) is 27.7. The fourth-order valence-corrected chi connectivity index (χ4v) is 9.49. The lowest BCUT2D eigenvalue weighted by atomic mass is 9.45. The highest BCUT2D eigenvalue weighted by Crippen LogP contribution is 2.67. The van der Waals surface area contributed by atoms with Gasteiger partial charge in [-0.25, -0.2) is 4.79 Å². The van der Waals surface area contributed by atoms with Crippen molar-refractivity contribution in [2.75, 3.05) is 26.3 Å². The van der Waals surface area contributed by atoms with Crippen LogP contribution in [0, 0.1) is 52.3 Å². The molecule has 1 saturated heterocycles. The third-order valence-corrected chi connectivity index (χ3v) is 11.5. The Hall–Kier alpha value is -1.18. The molecule has 0 spiro atoms. The number of carbonyl (C=O) groups excluding carboxylic acids is 1. The first kappa shape index (κ1) is 29.8. The Bertz CT molecular complexity index is 835. The van der Waals surface area contributed by atoms with E-state index in [9.17, 15) is 19.8 Å². The molecule has 218 valence electrons. The summed E-state index contributed by atoms with van der Waals surface area (Å²) in [5, 5.41) is 27.1. The summed E-state index contributed by atoms with van der Waals surface area (Å²) in [5.74, 6) is 2.47. The molecule has 0 aromatic heterocycles. The van der Waals surface area contributed by atoms with Crippen molar-refractivity contribution in [2.24, 2.45) is 52.3 Å². The van der Waals surface area contributed by atoms with Crippen molar-refractivity contribution in [1.82, 2.24) is 10.6 Å². The molecule has 0 aromatic carbocycles. The van der Waals surface area contributed by atoms with Crippen molar-refractivity contribution < 1.29 is 24.5 Å². The van der Waals surface area contributed by atoms with E-state index < -0.39 is 12.0 Å². The number of aliphatic hydroxyl groups is 1. The van der Waals surface area contributed by atoms with Crippen LogP contribution < -0.4 is 10.6 Å². The first-order chi connectivity index (χ1) is 18.0.